The summed E-state index contributed by atoms with van der Waals surface area (Å²) in [4.78, 5) is 11.0. The minimum absolute atomic E-state index is 0.483. The molecule has 2 rings (SSSR count). The minimum atomic E-state index is 0.483. The van der Waals surface area contributed by atoms with Crippen molar-refractivity contribution in [1.82, 2.24) is 9.97 Å². The van der Waals surface area contributed by atoms with Crippen molar-refractivity contribution >= 4 is 5.82 Å². The highest BCUT2D eigenvalue weighted by atomic mass is 16.5. The summed E-state index contributed by atoms with van der Waals surface area (Å²) in [6.07, 6.45) is 3.43. The van der Waals surface area contributed by atoms with Gasteiger partial charge in [0.1, 0.15) is 5.82 Å². The van der Waals surface area contributed by atoms with Gasteiger partial charge in [0.2, 0.25) is 0 Å². The molecule has 0 unspecified atom stereocenters. The molecule has 0 amide bonds. The molecule has 0 aromatic carbocycles. The van der Waals surface area contributed by atoms with E-state index in [1.54, 1.807) is 7.11 Å². The van der Waals surface area contributed by atoms with Crippen LogP contribution in [0.1, 0.15) is 25.5 Å². The van der Waals surface area contributed by atoms with E-state index >= 15 is 0 Å². The average molecular weight is 207 g/mol. The van der Waals surface area contributed by atoms with Crippen LogP contribution in [-0.4, -0.2) is 30.2 Å². The Hall–Kier alpha value is -1.32. The van der Waals surface area contributed by atoms with Crippen molar-refractivity contribution in [2.75, 3.05) is 25.1 Å². The number of hydrogen-bond donors (Lipinski definition) is 0. The molecular formula is C11H17N3O. The van der Waals surface area contributed by atoms with Gasteiger partial charge in [0.25, 0.3) is 0 Å². The molecule has 4 nitrogen and oxygen atoms in total. The molecule has 0 spiro atoms. The SMILES string of the molecule is CCc1cc(N2CCCC2)nc(OC)n1. The summed E-state index contributed by atoms with van der Waals surface area (Å²) in [5.41, 5.74) is 1.05. The van der Waals surface area contributed by atoms with Gasteiger partial charge in [-0.15, -0.1) is 0 Å². The zero-order valence-electron chi connectivity index (χ0n) is 9.36. The molecule has 0 saturated carbocycles. The highest BCUT2D eigenvalue weighted by Gasteiger charge is 2.15. The maximum Gasteiger partial charge on any atom is 0.318 e. The van der Waals surface area contributed by atoms with E-state index in [1.165, 1.54) is 12.8 Å². The van der Waals surface area contributed by atoms with Crippen LogP contribution in [0, 0.1) is 0 Å². The van der Waals surface area contributed by atoms with Crippen LogP contribution in [-0.2, 0) is 6.42 Å². The van der Waals surface area contributed by atoms with Gasteiger partial charge in [0, 0.05) is 24.8 Å². The number of aromatic nitrogens is 2. The third-order valence-corrected chi connectivity index (χ3v) is 2.72. The van der Waals surface area contributed by atoms with Crippen LogP contribution in [0.2, 0.25) is 0 Å². The largest absolute Gasteiger partial charge is 0.467 e. The molecular weight excluding hydrogens is 190 g/mol. The van der Waals surface area contributed by atoms with Crippen LogP contribution < -0.4 is 9.64 Å². The van der Waals surface area contributed by atoms with Gasteiger partial charge in [0.15, 0.2) is 0 Å². The summed E-state index contributed by atoms with van der Waals surface area (Å²) in [5, 5.41) is 0. The lowest BCUT2D eigenvalue weighted by molar-refractivity contribution is 0.378. The van der Waals surface area contributed by atoms with Crippen LogP contribution in [0.15, 0.2) is 6.07 Å². The normalized spacial score (nSPS) is 15.7. The van der Waals surface area contributed by atoms with Crippen molar-refractivity contribution in [3.63, 3.8) is 0 Å². The lowest BCUT2D eigenvalue weighted by atomic mass is 10.3. The first-order valence-electron chi connectivity index (χ1n) is 5.50. The van der Waals surface area contributed by atoms with E-state index in [2.05, 4.69) is 27.9 Å². The Morgan fingerprint density at radius 1 is 1.33 bits per heavy atom. The number of aryl methyl sites for hydroxylation is 1. The molecule has 0 aliphatic carbocycles. The van der Waals surface area contributed by atoms with Crippen molar-refractivity contribution in [2.24, 2.45) is 0 Å². The van der Waals surface area contributed by atoms with Gasteiger partial charge in [-0.1, -0.05) is 6.92 Å². The Kier molecular flexibility index (Phi) is 3.04. The fraction of sp³-hybridized carbons (Fsp3) is 0.636. The van der Waals surface area contributed by atoms with Crippen LogP contribution in [0.3, 0.4) is 0 Å². The first-order chi connectivity index (χ1) is 7.33. The maximum atomic E-state index is 5.11. The van der Waals surface area contributed by atoms with E-state index in [4.69, 9.17) is 4.74 Å². The fourth-order valence-electron chi connectivity index (χ4n) is 1.84. The van der Waals surface area contributed by atoms with E-state index in [0.29, 0.717) is 6.01 Å². The van der Waals surface area contributed by atoms with Crippen molar-refractivity contribution in [3.8, 4) is 6.01 Å². The van der Waals surface area contributed by atoms with Crippen LogP contribution in [0.5, 0.6) is 6.01 Å². The van der Waals surface area contributed by atoms with Crippen molar-refractivity contribution in [3.05, 3.63) is 11.8 Å². The van der Waals surface area contributed by atoms with Crippen molar-refractivity contribution in [2.45, 2.75) is 26.2 Å². The van der Waals surface area contributed by atoms with E-state index in [0.717, 1.165) is 31.0 Å². The summed E-state index contributed by atoms with van der Waals surface area (Å²) in [6, 6.07) is 2.55. The second kappa shape index (κ2) is 4.47. The van der Waals surface area contributed by atoms with Crippen molar-refractivity contribution in [1.29, 1.82) is 0 Å². The second-order valence-corrected chi connectivity index (χ2v) is 3.75. The quantitative estimate of drug-likeness (QED) is 0.755. The molecule has 0 radical (unpaired) electrons. The lowest BCUT2D eigenvalue weighted by Gasteiger charge is -2.17. The Bertz CT molecular complexity index is 312. The lowest BCUT2D eigenvalue weighted by Crippen LogP contribution is -2.19. The zero-order valence-corrected chi connectivity index (χ0v) is 9.36. The second-order valence-electron chi connectivity index (χ2n) is 3.75. The molecule has 0 N–H and O–H groups in total. The Labute approximate surface area is 90.3 Å². The smallest absolute Gasteiger partial charge is 0.318 e. The van der Waals surface area contributed by atoms with Gasteiger partial charge in [-0.2, -0.15) is 4.98 Å². The van der Waals surface area contributed by atoms with Crippen LogP contribution >= 0.6 is 0 Å². The number of methoxy groups -OCH3 is 1. The number of ether oxygens (including phenoxy) is 1. The molecule has 15 heavy (non-hydrogen) atoms. The number of anilines is 1. The van der Waals surface area contributed by atoms with Gasteiger partial charge in [-0.05, 0) is 19.3 Å². The maximum absolute atomic E-state index is 5.11. The molecule has 1 saturated heterocycles. The van der Waals surface area contributed by atoms with Gasteiger partial charge < -0.3 is 9.64 Å². The molecule has 2 heterocycles. The van der Waals surface area contributed by atoms with Gasteiger partial charge in [-0.25, -0.2) is 4.98 Å². The average Bonchev–Trinajstić information content (AvgIpc) is 2.81. The molecule has 1 aromatic heterocycles. The van der Waals surface area contributed by atoms with E-state index in [1.807, 2.05) is 0 Å². The summed E-state index contributed by atoms with van der Waals surface area (Å²) >= 11 is 0. The number of nitrogens with zero attached hydrogens (tertiary/aromatic N) is 3. The third-order valence-electron chi connectivity index (χ3n) is 2.72. The molecule has 0 bridgehead atoms. The Morgan fingerprint density at radius 2 is 2.07 bits per heavy atom. The van der Waals surface area contributed by atoms with Crippen LogP contribution in [0.25, 0.3) is 0 Å². The van der Waals surface area contributed by atoms with E-state index < -0.39 is 0 Å². The monoisotopic (exact) mass is 207 g/mol. The van der Waals surface area contributed by atoms with Crippen molar-refractivity contribution < 1.29 is 4.74 Å². The molecule has 82 valence electrons. The van der Waals surface area contributed by atoms with Crippen LogP contribution in [0.4, 0.5) is 5.82 Å². The predicted octanol–water partition coefficient (Wildman–Crippen LogP) is 1.65. The van der Waals surface area contributed by atoms with E-state index in [9.17, 15) is 0 Å². The summed E-state index contributed by atoms with van der Waals surface area (Å²) in [6.45, 7) is 4.29. The first kappa shape index (κ1) is 10.2. The van der Waals surface area contributed by atoms with Gasteiger partial charge in [0.05, 0.1) is 7.11 Å². The molecule has 1 aliphatic heterocycles. The number of hydrogen-bond acceptors (Lipinski definition) is 4. The highest BCUT2D eigenvalue weighted by molar-refractivity contribution is 5.41. The molecule has 1 aliphatic rings. The fourth-order valence-corrected chi connectivity index (χ4v) is 1.84. The molecule has 0 atom stereocenters. The first-order valence-corrected chi connectivity index (χ1v) is 5.50. The topological polar surface area (TPSA) is 38.2 Å². The highest BCUT2D eigenvalue weighted by Crippen LogP contribution is 2.20. The Morgan fingerprint density at radius 3 is 2.67 bits per heavy atom. The standard InChI is InChI=1S/C11H17N3O/c1-3-9-8-10(13-11(12-9)15-2)14-6-4-5-7-14/h8H,3-7H2,1-2H3. The minimum Gasteiger partial charge on any atom is -0.467 e. The summed E-state index contributed by atoms with van der Waals surface area (Å²) in [7, 11) is 1.61. The summed E-state index contributed by atoms with van der Waals surface area (Å²) < 4.78 is 5.11. The van der Waals surface area contributed by atoms with Gasteiger partial charge in [-0.3, -0.25) is 0 Å². The molecule has 4 heteroatoms. The molecule has 1 aromatic rings. The number of rotatable bonds is 3. The van der Waals surface area contributed by atoms with E-state index in [-0.39, 0.29) is 0 Å². The van der Waals surface area contributed by atoms with Gasteiger partial charge >= 0.3 is 6.01 Å². The molecule has 1 fully saturated rings. The predicted molar refractivity (Wildman–Crippen MR) is 59.4 cm³/mol. The Balaban J connectivity index is 2.28. The summed E-state index contributed by atoms with van der Waals surface area (Å²) in [5.74, 6) is 1.01. The zero-order chi connectivity index (χ0) is 10.7. The third kappa shape index (κ3) is 2.19.